The smallest absolute Gasteiger partial charge is 0.321 e. The van der Waals surface area contributed by atoms with E-state index >= 15 is 0 Å². The van der Waals surface area contributed by atoms with Gasteiger partial charge in [0, 0.05) is 37.6 Å². The zero-order valence-electron chi connectivity index (χ0n) is 19.5. The number of fused-ring (bicyclic) bond motifs is 1. The Bertz CT molecular complexity index is 713. The molecule has 0 aromatic rings. The highest BCUT2D eigenvalue weighted by Crippen LogP contribution is 2.43. The molecule has 0 aromatic heterocycles. The first-order valence-corrected chi connectivity index (χ1v) is 12.2. The highest BCUT2D eigenvalue weighted by molar-refractivity contribution is 5.96. The van der Waals surface area contributed by atoms with Crippen LogP contribution in [0.5, 0.6) is 0 Å². The number of hydrogen-bond acceptors (Lipinski definition) is 6. The van der Waals surface area contributed by atoms with Crippen molar-refractivity contribution in [1.29, 1.82) is 0 Å². The first kappa shape index (κ1) is 23.4. The zero-order chi connectivity index (χ0) is 22.8. The summed E-state index contributed by atoms with van der Waals surface area (Å²) in [7, 11) is 1.96. The van der Waals surface area contributed by atoms with Gasteiger partial charge in [0.1, 0.15) is 0 Å². The van der Waals surface area contributed by atoms with Gasteiger partial charge in [0.15, 0.2) is 6.10 Å². The normalized spacial score (nSPS) is 40.3. The third-order valence-electron chi connectivity index (χ3n) is 8.10. The predicted molar refractivity (Wildman–Crippen MR) is 117 cm³/mol. The van der Waals surface area contributed by atoms with Crippen molar-refractivity contribution >= 4 is 17.8 Å². The van der Waals surface area contributed by atoms with E-state index in [0.717, 1.165) is 45.1 Å². The molecule has 0 spiro atoms. The summed E-state index contributed by atoms with van der Waals surface area (Å²) in [6, 6.07) is 0.218. The van der Waals surface area contributed by atoms with Gasteiger partial charge in [0.05, 0.1) is 6.61 Å². The Labute approximate surface area is 190 Å². The van der Waals surface area contributed by atoms with Crippen LogP contribution in [0.3, 0.4) is 0 Å². The van der Waals surface area contributed by atoms with E-state index < -0.39 is 18.0 Å². The van der Waals surface area contributed by atoms with Crippen molar-refractivity contribution in [2.45, 2.75) is 83.0 Å². The summed E-state index contributed by atoms with van der Waals surface area (Å²) in [6.45, 7) is 5.83. The lowest BCUT2D eigenvalue weighted by Gasteiger charge is -2.50. The highest BCUT2D eigenvalue weighted by atomic mass is 17.2. The van der Waals surface area contributed by atoms with E-state index in [4.69, 9.17) is 9.78 Å². The van der Waals surface area contributed by atoms with Gasteiger partial charge in [0.2, 0.25) is 5.91 Å². The number of likely N-dealkylation sites (tertiary alicyclic amines) is 1. The van der Waals surface area contributed by atoms with E-state index in [1.165, 1.54) is 0 Å². The largest absolute Gasteiger partial charge is 0.342 e. The van der Waals surface area contributed by atoms with E-state index in [2.05, 4.69) is 29.8 Å². The standard InChI is InChI=1S/C23H38N4O5/c1-13-6-7-16(25-23(30)26-21(28)20-5-4-8-31-32-20)11-17(13)18-10-15-12-24-14(2)9-19(15)27(3)22(18)29/h13-20,24H,4-12H2,1-3H3,(H2,25,26,28,30). The highest BCUT2D eigenvalue weighted by Gasteiger charge is 2.47. The molecule has 4 aliphatic rings. The van der Waals surface area contributed by atoms with Gasteiger partial charge in [-0.15, -0.1) is 0 Å². The van der Waals surface area contributed by atoms with Gasteiger partial charge in [-0.25, -0.2) is 14.6 Å². The second kappa shape index (κ2) is 10.1. The van der Waals surface area contributed by atoms with E-state index in [1.54, 1.807) is 0 Å². The SMILES string of the molecule is CC1CC2C(CN1)CC(C1CC(NC(=O)NC(=O)C3CCCOO3)CCC1C)C(=O)N2C. The Balaban J connectivity index is 1.34. The van der Waals surface area contributed by atoms with Gasteiger partial charge in [-0.3, -0.25) is 14.9 Å². The van der Waals surface area contributed by atoms with Gasteiger partial charge >= 0.3 is 6.03 Å². The van der Waals surface area contributed by atoms with E-state index in [0.29, 0.717) is 36.9 Å². The molecule has 3 N–H and O–H groups in total. The Morgan fingerprint density at radius 3 is 2.69 bits per heavy atom. The molecular weight excluding hydrogens is 412 g/mol. The number of urea groups is 1. The third kappa shape index (κ3) is 5.10. The van der Waals surface area contributed by atoms with Gasteiger partial charge in [0.25, 0.3) is 5.91 Å². The number of carbonyl (C=O) groups excluding carboxylic acids is 3. The maximum Gasteiger partial charge on any atom is 0.321 e. The summed E-state index contributed by atoms with van der Waals surface area (Å²) in [5.41, 5.74) is 0. The fourth-order valence-corrected chi connectivity index (χ4v) is 6.19. The maximum atomic E-state index is 13.3. The molecule has 1 saturated carbocycles. The molecule has 3 aliphatic heterocycles. The zero-order valence-corrected chi connectivity index (χ0v) is 19.5. The minimum Gasteiger partial charge on any atom is -0.342 e. The molecule has 9 heteroatoms. The minimum atomic E-state index is -0.746. The molecular formula is C23H38N4O5. The fraction of sp³-hybridized carbons (Fsp3) is 0.870. The number of rotatable bonds is 3. The van der Waals surface area contributed by atoms with Crippen LogP contribution in [-0.2, 0) is 19.4 Å². The number of imide groups is 1. The second-order valence-electron chi connectivity index (χ2n) is 10.3. The molecule has 9 nitrogen and oxygen atoms in total. The van der Waals surface area contributed by atoms with E-state index in [1.807, 2.05) is 11.9 Å². The molecule has 1 aliphatic carbocycles. The third-order valence-corrected chi connectivity index (χ3v) is 8.10. The van der Waals surface area contributed by atoms with Crippen LogP contribution in [0.1, 0.15) is 58.8 Å². The number of carbonyl (C=O) groups is 3. The van der Waals surface area contributed by atoms with Crippen LogP contribution in [0.15, 0.2) is 0 Å². The maximum absolute atomic E-state index is 13.3. The van der Waals surface area contributed by atoms with Crippen molar-refractivity contribution in [3.05, 3.63) is 0 Å². The molecule has 180 valence electrons. The van der Waals surface area contributed by atoms with Crippen LogP contribution >= 0.6 is 0 Å². The first-order chi connectivity index (χ1) is 15.3. The van der Waals surface area contributed by atoms with Gasteiger partial charge < -0.3 is 15.5 Å². The molecule has 4 amide bonds. The summed E-state index contributed by atoms with van der Waals surface area (Å²) in [5.74, 6) is 0.922. The van der Waals surface area contributed by atoms with Crippen LogP contribution in [0.25, 0.3) is 0 Å². The van der Waals surface area contributed by atoms with Crippen LogP contribution in [-0.4, -0.2) is 67.2 Å². The number of nitrogens with one attached hydrogen (secondary N) is 3. The quantitative estimate of drug-likeness (QED) is 0.563. The van der Waals surface area contributed by atoms with Crippen LogP contribution in [0.2, 0.25) is 0 Å². The van der Waals surface area contributed by atoms with E-state index in [9.17, 15) is 14.4 Å². The summed E-state index contributed by atoms with van der Waals surface area (Å²) in [4.78, 5) is 49.8. The van der Waals surface area contributed by atoms with Crippen molar-refractivity contribution in [2.75, 3.05) is 20.2 Å². The summed E-state index contributed by atoms with van der Waals surface area (Å²) >= 11 is 0. The molecule has 32 heavy (non-hydrogen) atoms. The Hall–Kier alpha value is -1.71. The van der Waals surface area contributed by atoms with Gasteiger partial charge in [-0.2, -0.15) is 0 Å². The van der Waals surface area contributed by atoms with Crippen molar-refractivity contribution in [1.82, 2.24) is 20.9 Å². The molecule has 3 heterocycles. The van der Waals surface area contributed by atoms with Crippen LogP contribution in [0, 0.1) is 23.7 Å². The lowest BCUT2D eigenvalue weighted by molar-refractivity contribution is -0.335. The predicted octanol–water partition coefficient (Wildman–Crippen LogP) is 1.57. The molecule has 8 atom stereocenters. The Kier molecular flexibility index (Phi) is 7.37. The molecule has 0 aromatic carbocycles. The van der Waals surface area contributed by atoms with Gasteiger partial charge in [-0.05, 0) is 69.6 Å². The Morgan fingerprint density at radius 2 is 1.94 bits per heavy atom. The van der Waals surface area contributed by atoms with Crippen molar-refractivity contribution in [2.24, 2.45) is 23.7 Å². The Morgan fingerprint density at radius 1 is 1.12 bits per heavy atom. The lowest BCUT2D eigenvalue weighted by Crippen LogP contribution is -2.60. The van der Waals surface area contributed by atoms with Crippen LogP contribution < -0.4 is 16.0 Å². The van der Waals surface area contributed by atoms with Crippen molar-refractivity contribution in [3.63, 3.8) is 0 Å². The van der Waals surface area contributed by atoms with Gasteiger partial charge in [-0.1, -0.05) is 6.92 Å². The molecule has 4 rings (SSSR count). The summed E-state index contributed by atoms with van der Waals surface area (Å²) < 4.78 is 0. The minimum absolute atomic E-state index is 0.00598. The van der Waals surface area contributed by atoms with Crippen molar-refractivity contribution in [3.8, 4) is 0 Å². The molecule has 3 saturated heterocycles. The molecule has 0 radical (unpaired) electrons. The molecule has 8 unspecified atom stereocenters. The summed E-state index contributed by atoms with van der Waals surface area (Å²) in [6.07, 6.45) is 5.01. The molecule has 0 bridgehead atoms. The summed E-state index contributed by atoms with van der Waals surface area (Å²) in [5, 5.41) is 8.92. The van der Waals surface area contributed by atoms with Crippen LogP contribution in [0.4, 0.5) is 4.79 Å². The second-order valence-corrected chi connectivity index (χ2v) is 10.3. The van der Waals surface area contributed by atoms with E-state index in [-0.39, 0.29) is 23.8 Å². The lowest BCUT2D eigenvalue weighted by atomic mass is 9.65. The monoisotopic (exact) mass is 450 g/mol. The van der Waals surface area contributed by atoms with Crippen molar-refractivity contribution < 1.29 is 24.2 Å². The number of piperidine rings is 2. The number of amides is 4. The fourth-order valence-electron chi connectivity index (χ4n) is 6.19. The average Bonchev–Trinajstić information content (AvgIpc) is 2.78. The number of nitrogens with zero attached hydrogens (tertiary/aromatic N) is 1. The number of hydrogen-bond donors (Lipinski definition) is 3. The average molecular weight is 451 g/mol. The molecule has 4 fully saturated rings. The first-order valence-electron chi connectivity index (χ1n) is 12.2. The topological polar surface area (TPSA) is 109 Å².